The van der Waals surface area contributed by atoms with Gasteiger partial charge in [-0.05, 0) is 104 Å². The molecule has 0 N–H and O–H groups in total. The maximum absolute atomic E-state index is 15.4. The summed E-state index contributed by atoms with van der Waals surface area (Å²) < 4.78 is 94.2. The molecule has 0 atom stereocenters. The minimum Gasteiger partial charge on any atom is -0.432 e. The zero-order valence-corrected chi connectivity index (χ0v) is 27.0. The Kier molecular flexibility index (Phi) is 11.4. The average Bonchev–Trinajstić information content (AvgIpc) is 3.03. The summed E-state index contributed by atoms with van der Waals surface area (Å²) in [5.41, 5.74) is 2.08. The zero-order valence-electron chi connectivity index (χ0n) is 27.0. The predicted octanol–water partition coefficient (Wildman–Crippen LogP) is 12.7. The zero-order chi connectivity index (χ0) is 32.8. The van der Waals surface area contributed by atoms with E-state index in [4.69, 9.17) is 4.74 Å². The average molecular weight is 645 g/mol. The number of unbranched alkanes of at least 4 members (excludes halogenated alkanes) is 2. The molecule has 0 unspecified atom stereocenters. The highest BCUT2D eigenvalue weighted by atomic mass is 19.3. The number of hydrogen-bond donors (Lipinski definition) is 0. The van der Waals surface area contributed by atoms with Crippen LogP contribution in [0.3, 0.4) is 0 Å². The Hall–Kier alpha value is -2.96. The highest BCUT2D eigenvalue weighted by molar-refractivity contribution is 5.65. The number of ether oxygens (including phenoxy) is 1. The van der Waals surface area contributed by atoms with Crippen LogP contribution in [0.5, 0.6) is 5.75 Å². The van der Waals surface area contributed by atoms with Crippen LogP contribution in [0.25, 0.3) is 11.1 Å². The maximum atomic E-state index is 15.4. The van der Waals surface area contributed by atoms with Crippen LogP contribution < -0.4 is 4.74 Å². The van der Waals surface area contributed by atoms with Crippen LogP contribution in [-0.4, -0.2) is 6.11 Å². The van der Waals surface area contributed by atoms with Gasteiger partial charge in [0.15, 0.2) is 0 Å². The topological polar surface area (TPSA) is 9.23 Å². The fourth-order valence-electron chi connectivity index (χ4n) is 7.62. The van der Waals surface area contributed by atoms with E-state index in [0.717, 1.165) is 36.5 Å². The lowest BCUT2D eigenvalue weighted by Gasteiger charge is -2.33. The van der Waals surface area contributed by atoms with E-state index in [1.165, 1.54) is 44.6 Å². The lowest BCUT2D eigenvalue weighted by atomic mass is 9.76. The normalized spacial score (nSPS) is 22.2. The summed E-state index contributed by atoms with van der Waals surface area (Å²) in [6, 6.07) is 11.6. The molecule has 3 aromatic carbocycles. The highest BCUT2D eigenvalue weighted by Crippen LogP contribution is 2.45. The fraction of sp³-hybridized carbons (Fsp3) is 0.538. The molecule has 7 heteroatoms. The molecular formula is C39H46F6O. The van der Waals surface area contributed by atoms with Crippen molar-refractivity contribution in [2.75, 3.05) is 0 Å². The van der Waals surface area contributed by atoms with Gasteiger partial charge in [-0.1, -0.05) is 70.2 Å². The number of benzene rings is 3. The van der Waals surface area contributed by atoms with E-state index in [-0.39, 0.29) is 36.6 Å². The standard InChI is InChI=1S/C39H46F6O/c1-3-5-6-8-25-9-11-26(12-10-25)28-15-19-33(35(40)21-28)29-16-20-32(36(41)22-29)27-13-17-30(18-14-27)39(44,45)46-31-23-37(42)34(7-4-2)38(43)24-31/h15-16,19-27,30H,3-14,17-18H2,1-2H3. The summed E-state index contributed by atoms with van der Waals surface area (Å²) in [5, 5.41) is 0. The lowest BCUT2D eigenvalue weighted by Crippen LogP contribution is -2.37. The molecule has 0 aliphatic heterocycles. The lowest BCUT2D eigenvalue weighted by molar-refractivity contribution is -0.222. The molecule has 0 amide bonds. The van der Waals surface area contributed by atoms with Gasteiger partial charge in [-0.15, -0.1) is 0 Å². The van der Waals surface area contributed by atoms with Gasteiger partial charge < -0.3 is 4.74 Å². The molecule has 0 heterocycles. The summed E-state index contributed by atoms with van der Waals surface area (Å²) in [6.07, 6.45) is 7.40. The van der Waals surface area contributed by atoms with Crippen LogP contribution in [0.4, 0.5) is 26.3 Å². The van der Waals surface area contributed by atoms with E-state index >= 15 is 17.6 Å². The smallest absolute Gasteiger partial charge is 0.400 e. The molecule has 5 rings (SSSR count). The summed E-state index contributed by atoms with van der Waals surface area (Å²) in [7, 11) is 0. The van der Waals surface area contributed by atoms with E-state index in [2.05, 4.69) is 6.92 Å². The molecule has 46 heavy (non-hydrogen) atoms. The molecule has 2 saturated carbocycles. The maximum Gasteiger partial charge on any atom is 0.400 e. The monoisotopic (exact) mass is 644 g/mol. The van der Waals surface area contributed by atoms with Crippen molar-refractivity contribution in [2.24, 2.45) is 11.8 Å². The van der Waals surface area contributed by atoms with Crippen molar-refractivity contribution in [1.82, 2.24) is 0 Å². The first-order chi connectivity index (χ1) is 22.1. The Morgan fingerprint density at radius 3 is 1.96 bits per heavy atom. The van der Waals surface area contributed by atoms with Gasteiger partial charge in [0, 0.05) is 23.3 Å². The van der Waals surface area contributed by atoms with E-state index in [1.807, 2.05) is 6.07 Å². The Bertz CT molecular complexity index is 1430. The first-order valence-electron chi connectivity index (χ1n) is 17.2. The SMILES string of the molecule is CCCCCC1CCC(c2ccc(-c3ccc(C4CCC(C(F)(F)Oc5cc(F)c(CCC)c(F)c5)CC4)c(F)c3)c(F)c2)CC1. The molecular weight excluding hydrogens is 598 g/mol. The second-order valence-electron chi connectivity index (χ2n) is 13.5. The predicted molar refractivity (Wildman–Crippen MR) is 171 cm³/mol. The van der Waals surface area contributed by atoms with E-state index in [9.17, 15) is 8.78 Å². The molecule has 2 aliphatic carbocycles. The number of alkyl halides is 2. The van der Waals surface area contributed by atoms with Gasteiger partial charge in [0.05, 0.1) is 5.92 Å². The Balaban J connectivity index is 1.18. The molecule has 2 aliphatic rings. The first kappa shape index (κ1) is 34.4. The van der Waals surface area contributed by atoms with Crippen molar-refractivity contribution in [1.29, 1.82) is 0 Å². The Morgan fingerprint density at radius 2 is 1.35 bits per heavy atom. The van der Waals surface area contributed by atoms with Gasteiger partial charge >= 0.3 is 6.11 Å². The van der Waals surface area contributed by atoms with Crippen LogP contribution in [0.2, 0.25) is 0 Å². The minimum atomic E-state index is -3.63. The van der Waals surface area contributed by atoms with Gasteiger partial charge in [-0.2, -0.15) is 8.78 Å². The molecule has 0 radical (unpaired) electrons. The molecule has 0 spiro atoms. The molecule has 2 fully saturated rings. The Morgan fingerprint density at radius 1 is 0.674 bits per heavy atom. The van der Waals surface area contributed by atoms with Crippen molar-refractivity contribution in [3.05, 3.63) is 88.5 Å². The second kappa shape index (κ2) is 15.3. The molecule has 250 valence electrons. The summed E-state index contributed by atoms with van der Waals surface area (Å²) in [4.78, 5) is 0. The summed E-state index contributed by atoms with van der Waals surface area (Å²) >= 11 is 0. The third-order valence-corrected chi connectivity index (χ3v) is 10.3. The highest BCUT2D eigenvalue weighted by Gasteiger charge is 2.44. The van der Waals surface area contributed by atoms with Crippen molar-refractivity contribution in [3.63, 3.8) is 0 Å². The van der Waals surface area contributed by atoms with Gasteiger partial charge in [0.2, 0.25) is 0 Å². The third-order valence-electron chi connectivity index (χ3n) is 10.3. The molecule has 0 bridgehead atoms. The van der Waals surface area contributed by atoms with E-state index in [1.54, 1.807) is 31.2 Å². The molecule has 3 aromatic rings. The number of hydrogen-bond acceptors (Lipinski definition) is 1. The van der Waals surface area contributed by atoms with Crippen LogP contribution in [0, 0.1) is 35.1 Å². The van der Waals surface area contributed by atoms with Crippen LogP contribution in [-0.2, 0) is 6.42 Å². The Labute approximate surface area is 269 Å². The van der Waals surface area contributed by atoms with Crippen LogP contribution in [0.15, 0.2) is 48.5 Å². The van der Waals surface area contributed by atoms with E-state index in [0.29, 0.717) is 41.9 Å². The first-order valence-corrected chi connectivity index (χ1v) is 17.2. The molecule has 0 saturated heterocycles. The van der Waals surface area contributed by atoms with Crippen molar-refractivity contribution in [3.8, 4) is 16.9 Å². The minimum absolute atomic E-state index is 0.0640. The van der Waals surface area contributed by atoms with Gasteiger partial charge in [0.25, 0.3) is 0 Å². The van der Waals surface area contributed by atoms with Crippen molar-refractivity contribution < 1.29 is 31.1 Å². The van der Waals surface area contributed by atoms with Gasteiger partial charge in [-0.25, -0.2) is 17.6 Å². The third kappa shape index (κ3) is 8.12. The molecule has 0 aromatic heterocycles. The van der Waals surface area contributed by atoms with Crippen LogP contribution in [0.1, 0.15) is 126 Å². The second-order valence-corrected chi connectivity index (χ2v) is 13.5. The quantitative estimate of drug-likeness (QED) is 0.141. The van der Waals surface area contributed by atoms with Crippen molar-refractivity contribution >= 4 is 0 Å². The van der Waals surface area contributed by atoms with Gasteiger partial charge in [-0.3, -0.25) is 0 Å². The van der Waals surface area contributed by atoms with Gasteiger partial charge in [0.1, 0.15) is 29.0 Å². The fourth-order valence-corrected chi connectivity index (χ4v) is 7.62. The largest absolute Gasteiger partial charge is 0.432 e. The number of halogens is 6. The number of rotatable bonds is 12. The van der Waals surface area contributed by atoms with E-state index < -0.39 is 35.2 Å². The summed E-state index contributed by atoms with van der Waals surface area (Å²) in [5.74, 6) is -3.50. The molecule has 1 nitrogen and oxygen atoms in total. The van der Waals surface area contributed by atoms with Crippen LogP contribution >= 0.6 is 0 Å². The summed E-state index contributed by atoms with van der Waals surface area (Å²) in [6.45, 7) is 3.99. The van der Waals surface area contributed by atoms with Crippen molar-refractivity contribution in [2.45, 2.75) is 122 Å².